The molecule has 0 atom stereocenters. The lowest BCUT2D eigenvalue weighted by molar-refractivity contribution is 0.0924. The first-order valence-electron chi connectivity index (χ1n) is 8.85. The number of hydrogen-bond acceptors (Lipinski definition) is 5. The van der Waals surface area contributed by atoms with Crippen molar-refractivity contribution in [3.8, 4) is 0 Å². The second kappa shape index (κ2) is 10.8. The molecule has 0 aliphatic carbocycles. The molecular formula is C19H24ClNO4S2. The van der Waals surface area contributed by atoms with E-state index in [9.17, 15) is 13.2 Å². The molecule has 0 fully saturated rings. The van der Waals surface area contributed by atoms with Gasteiger partial charge in [-0.3, -0.25) is 4.79 Å². The van der Waals surface area contributed by atoms with E-state index in [0.29, 0.717) is 11.6 Å². The molecule has 0 radical (unpaired) electrons. The summed E-state index contributed by atoms with van der Waals surface area (Å²) in [6, 6.07) is 8.96. The van der Waals surface area contributed by atoms with Crippen LogP contribution in [0.25, 0.3) is 0 Å². The van der Waals surface area contributed by atoms with Crippen LogP contribution in [0.2, 0.25) is 5.02 Å². The smallest absolute Gasteiger partial charge is 0.286 e. The maximum Gasteiger partial charge on any atom is 0.286 e. The first kappa shape index (κ1) is 21.9. The van der Waals surface area contributed by atoms with Gasteiger partial charge < -0.3 is 9.73 Å². The number of benzene rings is 1. The number of nitrogens with one attached hydrogen (secondary N) is 1. The van der Waals surface area contributed by atoms with E-state index in [1.165, 1.54) is 49.2 Å². The molecule has 0 aliphatic rings. The highest BCUT2D eigenvalue weighted by molar-refractivity contribution is 7.99. The number of sulfone groups is 1. The Morgan fingerprint density at radius 1 is 1.11 bits per heavy atom. The van der Waals surface area contributed by atoms with Crippen LogP contribution in [0.5, 0.6) is 0 Å². The zero-order valence-electron chi connectivity index (χ0n) is 15.2. The van der Waals surface area contributed by atoms with Gasteiger partial charge in [0, 0.05) is 11.6 Å². The van der Waals surface area contributed by atoms with Gasteiger partial charge in [-0.05, 0) is 60.7 Å². The summed E-state index contributed by atoms with van der Waals surface area (Å²) < 4.78 is 30.2. The second-order valence-electron chi connectivity index (χ2n) is 6.05. The Labute approximate surface area is 169 Å². The average Bonchev–Trinajstić information content (AvgIpc) is 3.09. The van der Waals surface area contributed by atoms with Crippen molar-refractivity contribution >= 4 is 39.1 Å². The first-order valence-corrected chi connectivity index (χ1v) is 12.0. The molecule has 0 saturated heterocycles. The lowest BCUT2D eigenvalue weighted by Gasteiger charge is -2.04. The minimum absolute atomic E-state index is 0.120. The van der Waals surface area contributed by atoms with Crippen LogP contribution in [0.4, 0.5) is 0 Å². The molecule has 8 heteroatoms. The number of rotatable bonds is 11. The summed E-state index contributed by atoms with van der Waals surface area (Å²) in [6.45, 7) is 2.73. The summed E-state index contributed by atoms with van der Waals surface area (Å²) in [5.41, 5.74) is 0. The number of amides is 1. The van der Waals surface area contributed by atoms with Crippen molar-refractivity contribution in [2.45, 2.75) is 36.8 Å². The predicted octanol–water partition coefficient (Wildman–Crippen LogP) is 4.56. The van der Waals surface area contributed by atoms with Crippen molar-refractivity contribution in [3.05, 3.63) is 52.9 Å². The van der Waals surface area contributed by atoms with Gasteiger partial charge in [0.2, 0.25) is 0 Å². The van der Waals surface area contributed by atoms with Gasteiger partial charge in [0.1, 0.15) is 11.5 Å². The molecule has 0 spiro atoms. The standard InChI is InChI=1S/C19H24ClNO4S2/c1-2-3-12-26-13-4-11-21-19(22)18-10-7-16(25-18)14-27(23,24)17-8-5-15(20)6-9-17/h5-10H,2-4,11-14H2,1H3,(H,21,22). The maximum atomic E-state index is 12.4. The zero-order chi connectivity index (χ0) is 19.7. The quantitative estimate of drug-likeness (QED) is 0.530. The average molecular weight is 430 g/mol. The first-order chi connectivity index (χ1) is 12.9. The summed E-state index contributed by atoms with van der Waals surface area (Å²) in [5.74, 6) is 1.86. The van der Waals surface area contributed by atoms with Crippen molar-refractivity contribution in [3.63, 3.8) is 0 Å². The van der Waals surface area contributed by atoms with Crippen LogP contribution in [-0.2, 0) is 15.6 Å². The predicted molar refractivity (Wildman–Crippen MR) is 110 cm³/mol. The van der Waals surface area contributed by atoms with Gasteiger partial charge in [-0.2, -0.15) is 11.8 Å². The Kier molecular flexibility index (Phi) is 8.73. The molecule has 0 aliphatic heterocycles. The molecule has 1 aromatic carbocycles. The summed E-state index contributed by atoms with van der Waals surface area (Å²) in [5, 5.41) is 3.26. The third kappa shape index (κ3) is 7.24. The van der Waals surface area contributed by atoms with Crippen LogP contribution in [0, 0.1) is 0 Å². The van der Waals surface area contributed by atoms with E-state index in [1.807, 2.05) is 11.8 Å². The van der Waals surface area contributed by atoms with Crippen LogP contribution in [0.3, 0.4) is 0 Å². The minimum atomic E-state index is -3.56. The zero-order valence-corrected chi connectivity index (χ0v) is 17.6. The molecule has 1 amide bonds. The van der Waals surface area contributed by atoms with E-state index in [4.69, 9.17) is 16.0 Å². The Morgan fingerprint density at radius 3 is 2.52 bits per heavy atom. The van der Waals surface area contributed by atoms with E-state index in [1.54, 1.807) is 0 Å². The van der Waals surface area contributed by atoms with Gasteiger partial charge in [0.15, 0.2) is 15.6 Å². The minimum Gasteiger partial charge on any atom is -0.455 e. The summed E-state index contributed by atoms with van der Waals surface area (Å²) in [7, 11) is -3.56. The lowest BCUT2D eigenvalue weighted by atomic mass is 10.4. The number of hydrogen-bond donors (Lipinski definition) is 1. The van der Waals surface area contributed by atoms with Crippen molar-refractivity contribution in [2.75, 3.05) is 18.1 Å². The number of carbonyl (C=O) groups is 1. The molecule has 1 N–H and O–H groups in total. The summed E-state index contributed by atoms with van der Waals surface area (Å²) in [6.07, 6.45) is 3.29. The van der Waals surface area contributed by atoms with E-state index in [-0.39, 0.29) is 28.1 Å². The van der Waals surface area contributed by atoms with E-state index < -0.39 is 9.84 Å². The Morgan fingerprint density at radius 2 is 1.81 bits per heavy atom. The van der Waals surface area contributed by atoms with Crippen molar-refractivity contribution in [2.24, 2.45) is 0 Å². The fourth-order valence-corrected chi connectivity index (χ4v) is 4.72. The number of carbonyl (C=O) groups excluding carboxylic acids is 1. The molecule has 5 nitrogen and oxygen atoms in total. The maximum absolute atomic E-state index is 12.4. The van der Waals surface area contributed by atoms with Gasteiger partial charge in [0.05, 0.1) is 4.90 Å². The number of unbranched alkanes of at least 4 members (excludes halogenated alkanes) is 1. The van der Waals surface area contributed by atoms with Crippen molar-refractivity contribution in [1.82, 2.24) is 5.32 Å². The highest BCUT2D eigenvalue weighted by Crippen LogP contribution is 2.20. The van der Waals surface area contributed by atoms with Gasteiger partial charge in [-0.1, -0.05) is 24.9 Å². The Bertz CT molecular complexity index is 832. The van der Waals surface area contributed by atoms with Crippen LogP contribution >= 0.6 is 23.4 Å². The highest BCUT2D eigenvalue weighted by Gasteiger charge is 2.19. The Hall–Kier alpha value is -1.44. The van der Waals surface area contributed by atoms with Gasteiger partial charge in [0.25, 0.3) is 5.91 Å². The van der Waals surface area contributed by atoms with Crippen LogP contribution in [0.15, 0.2) is 45.7 Å². The van der Waals surface area contributed by atoms with E-state index in [0.717, 1.165) is 17.9 Å². The number of thioether (sulfide) groups is 1. The van der Waals surface area contributed by atoms with Crippen molar-refractivity contribution < 1.29 is 17.6 Å². The molecule has 2 rings (SSSR count). The molecule has 0 bridgehead atoms. The SMILES string of the molecule is CCCCSCCCNC(=O)c1ccc(CS(=O)(=O)c2ccc(Cl)cc2)o1. The highest BCUT2D eigenvalue weighted by atomic mass is 35.5. The topological polar surface area (TPSA) is 76.4 Å². The van der Waals surface area contributed by atoms with E-state index >= 15 is 0 Å². The molecular weight excluding hydrogens is 406 g/mol. The van der Waals surface area contributed by atoms with Crippen LogP contribution in [-0.4, -0.2) is 32.4 Å². The summed E-state index contributed by atoms with van der Waals surface area (Å²) >= 11 is 7.67. The monoisotopic (exact) mass is 429 g/mol. The van der Waals surface area contributed by atoms with Crippen LogP contribution < -0.4 is 5.32 Å². The fourth-order valence-electron chi connectivity index (χ4n) is 2.30. The normalized spacial score (nSPS) is 11.5. The van der Waals surface area contributed by atoms with Crippen molar-refractivity contribution in [1.29, 1.82) is 0 Å². The largest absolute Gasteiger partial charge is 0.455 e. The molecule has 0 unspecified atom stereocenters. The van der Waals surface area contributed by atoms with Gasteiger partial charge in [-0.25, -0.2) is 8.42 Å². The second-order valence-corrected chi connectivity index (χ2v) is 9.71. The molecule has 0 saturated carbocycles. The fraction of sp³-hybridized carbons (Fsp3) is 0.421. The molecule has 2 aromatic rings. The van der Waals surface area contributed by atoms with E-state index in [2.05, 4.69) is 12.2 Å². The molecule has 1 aromatic heterocycles. The van der Waals surface area contributed by atoms with Crippen LogP contribution in [0.1, 0.15) is 42.5 Å². The lowest BCUT2D eigenvalue weighted by Crippen LogP contribution is -2.24. The summed E-state index contributed by atoms with van der Waals surface area (Å²) in [4.78, 5) is 12.3. The molecule has 1 heterocycles. The number of halogens is 1. The third-order valence-corrected chi connectivity index (χ3v) is 6.85. The third-order valence-electron chi connectivity index (χ3n) is 3.78. The van der Waals surface area contributed by atoms with Gasteiger partial charge >= 0.3 is 0 Å². The molecule has 27 heavy (non-hydrogen) atoms. The Balaban J connectivity index is 1.83. The number of furan rings is 1. The van der Waals surface area contributed by atoms with Gasteiger partial charge in [-0.15, -0.1) is 0 Å². The molecule has 148 valence electrons.